The van der Waals surface area contributed by atoms with E-state index in [-0.39, 0.29) is 16.6 Å². The largest absolute Gasteiger partial charge is 0.325 e. The number of anilines is 1. The van der Waals surface area contributed by atoms with E-state index in [1.54, 1.807) is 10.6 Å². The predicted molar refractivity (Wildman–Crippen MR) is 129 cm³/mol. The SMILES string of the molecule is Cc1nc2c3ccccc3nc(SCC(=O)Nc3cc(S(=O)(=O)N(C)C)cc(C)c3C)n2n1. The van der Waals surface area contributed by atoms with Gasteiger partial charge in [0.05, 0.1) is 16.2 Å². The average Bonchev–Trinajstić information content (AvgIpc) is 3.16. The topological polar surface area (TPSA) is 110 Å². The van der Waals surface area contributed by atoms with Crippen LogP contribution in [-0.4, -0.2) is 58.1 Å². The van der Waals surface area contributed by atoms with Crippen LogP contribution in [0.1, 0.15) is 17.0 Å². The predicted octanol–water partition coefficient (Wildman–Crippen LogP) is 3.18. The minimum Gasteiger partial charge on any atom is -0.325 e. The van der Waals surface area contributed by atoms with Crippen molar-refractivity contribution in [2.24, 2.45) is 0 Å². The Hall–Kier alpha value is -3.02. The van der Waals surface area contributed by atoms with Gasteiger partial charge in [0.15, 0.2) is 10.8 Å². The molecule has 0 unspecified atom stereocenters. The zero-order chi connectivity index (χ0) is 23.9. The number of aromatic nitrogens is 4. The standard InChI is InChI=1S/C22H24N6O3S2/c1-13-10-16(33(30,31)27(4)5)11-19(14(13)2)24-20(29)12-32-22-25-18-9-7-6-8-17(18)21-23-15(3)26-28(21)22/h6-11H,12H2,1-5H3,(H,24,29). The number of amides is 1. The first-order valence-corrected chi connectivity index (χ1v) is 12.6. The van der Waals surface area contributed by atoms with E-state index in [4.69, 9.17) is 0 Å². The first-order valence-electron chi connectivity index (χ1n) is 10.2. The van der Waals surface area contributed by atoms with E-state index in [1.807, 2.05) is 45.0 Å². The Morgan fingerprint density at radius 3 is 2.58 bits per heavy atom. The second-order valence-corrected chi connectivity index (χ2v) is 10.9. The van der Waals surface area contributed by atoms with Gasteiger partial charge in [-0.15, -0.1) is 5.10 Å². The van der Waals surface area contributed by atoms with Gasteiger partial charge in [-0.25, -0.2) is 22.7 Å². The highest BCUT2D eigenvalue weighted by Crippen LogP contribution is 2.27. The number of nitrogens with zero attached hydrogens (tertiary/aromatic N) is 5. The van der Waals surface area contributed by atoms with Crippen LogP contribution in [0.4, 0.5) is 5.69 Å². The third-order valence-corrected chi connectivity index (χ3v) is 8.00. The number of fused-ring (bicyclic) bond motifs is 3. The van der Waals surface area contributed by atoms with Crippen LogP contribution in [0.2, 0.25) is 0 Å². The summed E-state index contributed by atoms with van der Waals surface area (Å²) in [6.45, 7) is 5.47. The second kappa shape index (κ2) is 8.73. The normalized spacial score (nSPS) is 12.1. The van der Waals surface area contributed by atoms with Crippen molar-refractivity contribution < 1.29 is 13.2 Å². The summed E-state index contributed by atoms with van der Waals surface area (Å²) in [4.78, 5) is 22.1. The number of hydrogen-bond acceptors (Lipinski definition) is 7. The van der Waals surface area contributed by atoms with Crippen LogP contribution in [0.3, 0.4) is 0 Å². The molecule has 0 saturated heterocycles. The van der Waals surface area contributed by atoms with Crippen LogP contribution in [0.15, 0.2) is 46.5 Å². The Kier molecular flexibility index (Phi) is 6.12. The molecular formula is C22H24N6O3S2. The molecular weight excluding hydrogens is 460 g/mol. The van der Waals surface area contributed by atoms with Gasteiger partial charge < -0.3 is 5.32 Å². The van der Waals surface area contributed by atoms with Crippen molar-refractivity contribution >= 4 is 49.9 Å². The molecule has 2 aromatic heterocycles. The number of hydrogen-bond donors (Lipinski definition) is 1. The summed E-state index contributed by atoms with van der Waals surface area (Å²) in [6, 6.07) is 10.8. The molecule has 0 radical (unpaired) electrons. The molecule has 0 fully saturated rings. The van der Waals surface area contributed by atoms with Crippen LogP contribution in [0.25, 0.3) is 16.6 Å². The van der Waals surface area contributed by atoms with Crippen LogP contribution in [-0.2, 0) is 14.8 Å². The highest BCUT2D eigenvalue weighted by molar-refractivity contribution is 7.99. The van der Waals surface area contributed by atoms with Crippen LogP contribution >= 0.6 is 11.8 Å². The molecule has 2 heterocycles. The molecule has 1 amide bonds. The van der Waals surface area contributed by atoms with Gasteiger partial charge >= 0.3 is 0 Å². The number of sulfonamides is 1. The first-order chi connectivity index (χ1) is 15.6. The van der Waals surface area contributed by atoms with Gasteiger partial charge in [-0.05, 0) is 56.2 Å². The highest BCUT2D eigenvalue weighted by Gasteiger charge is 2.20. The molecule has 172 valence electrons. The molecule has 0 bridgehead atoms. The molecule has 0 aliphatic rings. The summed E-state index contributed by atoms with van der Waals surface area (Å²) in [7, 11) is -0.675. The van der Waals surface area contributed by atoms with E-state index >= 15 is 0 Å². The number of para-hydroxylation sites is 1. The van der Waals surface area contributed by atoms with E-state index in [9.17, 15) is 13.2 Å². The van der Waals surface area contributed by atoms with Gasteiger partial charge in [-0.1, -0.05) is 23.9 Å². The number of thioether (sulfide) groups is 1. The van der Waals surface area contributed by atoms with Gasteiger partial charge in [-0.2, -0.15) is 4.52 Å². The maximum Gasteiger partial charge on any atom is 0.242 e. The molecule has 4 rings (SSSR count). The van der Waals surface area contributed by atoms with Crippen LogP contribution in [0, 0.1) is 20.8 Å². The molecule has 4 aromatic rings. The maximum atomic E-state index is 12.8. The number of aryl methyl sites for hydroxylation is 2. The van der Waals surface area contributed by atoms with Gasteiger partial charge in [-0.3, -0.25) is 4.79 Å². The lowest BCUT2D eigenvalue weighted by Gasteiger charge is -2.16. The lowest BCUT2D eigenvalue weighted by Crippen LogP contribution is -2.23. The second-order valence-electron chi connectivity index (χ2n) is 7.84. The van der Waals surface area contributed by atoms with Crippen LogP contribution in [0.5, 0.6) is 0 Å². The Morgan fingerprint density at radius 2 is 1.85 bits per heavy atom. The summed E-state index contributed by atoms with van der Waals surface area (Å²) < 4.78 is 27.9. The van der Waals surface area contributed by atoms with E-state index < -0.39 is 10.0 Å². The third kappa shape index (κ3) is 4.43. The summed E-state index contributed by atoms with van der Waals surface area (Å²) in [5.74, 6) is 0.411. The van der Waals surface area contributed by atoms with Gasteiger partial charge in [0.1, 0.15) is 5.82 Å². The zero-order valence-corrected chi connectivity index (χ0v) is 20.6. The van der Waals surface area contributed by atoms with E-state index in [1.165, 1.54) is 31.9 Å². The molecule has 1 N–H and O–H groups in total. The first kappa shape index (κ1) is 23.1. The van der Waals surface area contributed by atoms with Crippen molar-refractivity contribution in [2.75, 3.05) is 25.2 Å². The Bertz CT molecular complexity index is 1500. The monoisotopic (exact) mass is 484 g/mol. The van der Waals surface area contributed by atoms with Crippen molar-refractivity contribution in [3.8, 4) is 0 Å². The molecule has 0 aliphatic heterocycles. The van der Waals surface area contributed by atoms with Crippen LogP contribution < -0.4 is 5.32 Å². The number of rotatable bonds is 6. The highest BCUT2D eigenvalue weighted by atomic mass is 32.2. The van der Waals surface area contributed by atoms with Gasteiger partial charge in [0.25, 0.3) is 0 Å². The molecule has 0 spiro atoms. The number of carbonyl (C=O) groups is 1. The number of carbonyl (C=O) groups excluding carboxylic acids is 1. The molecule has 33 heavy (non-hydrogen) atoms. The average molecular weight is 485 g/mol. The Labute approximate surface area is 196 Å². The molecule has 0 saturated carbocycles. The number of benzene rings is 2. The summed E-state index contributed by atoms with van der Waals surface area (Å²) in [6.07, 6.45) is 0. The fourth-order valence-electron chi connectivity index (χ4n) is 3.36. The third-order valence-electron chi connectivity index (χ3n) is 5.28. The quantitative estimate of drug-likeness (QED) is 0.331. The summed E-state index contributed by atoms with van der Waals surface area (Å²) >= 11 is 1.24. The fraction of sp³-hybridized carbons (Fsp3) is 0.273. The Balaban J connectivity index is 1.59. The fourth-order valence-corrected chi connectivity index (χ4v) is 5.12. The Morgan fingerprint density at radius 1 is 1.12 bits per heavy atom. The van der Waals surface area contributed by atoms with E-state index in [0.717, 1.165) is 26.3 Å². The lowest BCUT2D eigenvalue weighted by atomic mass is 10.1. The lowest BCUT2D eigenvalue weighted by molar-refractivity contribution is -0.113. The molecule has 11 heteroatoms. The molecule has 0 aliphatic carbocycles. The van der Waals surface area contributed by atoms with Crippen molar-refractivity contribution in [3.05, 3.63) is 53.3 Å². The van der Waals surface area contributed by atoms with Crippen molar-refractivity contribution in [2.45, 2.75) is 30.8 Å². The van der Waals surface area contributed by atoms with E-state index in [2.05, 4.69) is 20.4 Å². The molecule has 9 nitrogen and oxygen atoms in total. The summed E-state index contributed by atoms with van der Waals surface area (Å²) in [5.41, 5.74) is 3.51. The summed E-state index contributed by atoms with van der Waals surface area (Å²) in [5, 5.41) is 8.71. The van der Waals surface area contributed by atoms with Gasteiger partial charge in [0.2, 0.25) is 15.9 Å². The van der Waals surface area contributed by atoms with Crippen molar-refractivity contribution in [3.63, 3.8) is 0 Å². The maximum absolute atomic E-state index is 12.8. The van der Waals surface area contributed by atoms with Crippen molar-refractivity contribution in [1.29, 1.82) is 0 Å². The molecule has 2 aromatic carbocycles. The smallest absolute Gasteiger partial charge is 0.242 e. The van der Waals surface area contributed by atoms with Gasteiger partial charge in [0, 0.05) is 25.2 Å². The van der Waals surface area contributed by atoms with Crippen molar-refractivity contribution in [1.82, 2.24) is 23.9 Å². The van der Waals surface area contributed by atoms with E-state index in [0.29, 0.717) is 22.3 Å². The number of nitrogens with one attached hydrogen (secondary N) is 1. The minimum absolute atomic E-state index is 0.0719. The minimum atomic E-state index is -3.62. The zero-order valence-electron chi connectivity index (χ0n) is 18.9. The molecule has 0 atom stereocenters.